The van der Waals surface area contributed by atoms with E-state index >= 15 is 0 Å². The summed E-state index contributed by atoms with van der Waals surface area (Å²) < 4.78 is 40.5. The van der Waals surface area contributed by atoms with E-state index in [9.17, 15) is 27.9 Å². The van der Waals surface area contributed by atoms with Gasteiger partial charge in [-0.3, -0.25) is 4.79 Å². The summed E-state index contributed by atoms with van der Waals surface area (Å²) in [6, 6.07) is 16.2. The van der Waals surface area contributed by atoms with E-state index in [2.05, 4.69) is 15.3 Å². The Labute approximate surface area is 204 Å². The van der Waals surface area contributed by atoms with Crippen LogP contribution in [0.5, 0.6) is 0 Å². The Morgan fingerprint density at radius 3 is 2.36 bits per heavy atom. The Morgan fingerprint density at radius 1 is 0.972 bits per heavy atom. The van der Waals surface area contributed by atoms with Gasteiger partial charge in [0.15, 0.2) is 5.65 Å². The number of halogens is 3. The normalized spacial score (nSPS) is 12.4. The number of benzene rings is 2. The first-order valence-corrected chi connectivity index (χ1v) is 11.2. The van der Waals surface area contributed by atoms with Gasteiger partial charge in [-0.05, 0) is 35.4 Å². The number of hydrogen-bond donors (Lipinski definition) is 2. The van der Waals surface area contributed by atoms with Gasteiger partial charge in [-0.25, -0.2) is 14.8 Å². The smallest absolute Gasteiger partial charge is 0.416 e. The molecule has 2 aromatic carbocycles. The Kier molecular flexibility index (Phi) is 7.33. The topological polar surface area (TPSA) is 97.1 Å². The summed E-state index contributed by atoms with van der Waals surface area (Å²) in [6.07, 6.45) is -2.51. The van der Waals surface area contributed by atoms with Crippen LogP contribution in [0.3, 0.4) is 0 Å². The first kappa shape index (κ1) is 24.9. The third kappa shape index (κ3) is 6.07. The van der Waals surface area contributed by atoms with Crippen molar-refractivity contribution >= 4 is 23.0 Å². The molecular weight excluding hydrogens is 473 g/mol. The van der Waals surface area contributed by atoms with Crippen molar-refractivity contribution in [3.8, 4) is 0 Å². The summed E-state index contributed by atoms with van der Waals surface area (Å²) in [5, 5.41) is 12.1. The Morgan fingerprint density at radius 2 is 1.69 bits per heavy atom. The zero-order valence-corrected chi connectivity index (χ0v) is 19.1. The number of alkyl halides is 3. The van der Waals surface area contributed by atoms with E-state index < -0.39 is 29.7 Å². The molecular formula is C26H23F3N4O3. The minimum Gasteiger partial charge on any atom is -0.480 e. The van der Waals surface area contributed by atoms with Gasteiger partial charge in [-0.15, -0.1) is 0 Å². The first-order chi connectivity index (χ1) is 17.2. The second-order valence-corrected chi connectivity index (χ2v) is 8.30. The number of imidazole rings is 1. The highest BCUT2D eigenvalue weighted by Gasteiger charge is 2.30. The second-order valence-electron chi connectivity index (χ2n) is 8.30. The minimum absolute atomic E-state index is 0.0189. The number of carboxylic acids is 1. The number of aliphatic carboxylic acids is 1. The predicted octanol–water partition coefficient (Wildman–Crippen LogP) is 4.24. The quantitative estimate of drug-likeness (QED) is 0.361. The molecule has 2 heterocycles. The molecule has 0 aliphatic rings. The van der Waals surface area contributed by atoms with E-state index in [4.69, 9.17) is 0 Å². The van der Waals surface area contributed by atoms with Crippen LogP contribution >= 0.6 is 0 Å². The highest BCUT2D eigenvalue weighted by atomic mass is 19.4. The SMILES string of the molecule is O=C(CCc1nc2cccnc2n1Cc1ccc(C(F)(F)F)cc1)N[C@H](Cc1ccccc1)C(=O)O. The zero-order chi connectivity index (χ0) is 25.7. The van der Waals surface area contributed by atoms with E-state index in [1.165, 1.54) is 12.1 Å². The summed E-state index contributed by atoms with van der Waals surface area (Å²) in [5.41, 5.74) is 1.80. The number of carbonyl (C=O) groups is 2. The number of hydrogen-bond acceptors (Lipinski definition) is 4. The molecule has 0 unspecified atom stereocenters. The van der Waals surface area contributed by atoms with Crippen LogP contribution in [0.4, 0.5) is 13.2 Å². The standard InChI is InChI=1S/C26H23F3N4O3/c27-26(28,29)19-10-8-18(9-11-19)16-33-22(31-20-7-4-14-30-24(20)33)12-13-23(34)32-21(25(35)36)15-17-5-2-1-3-6-17/h1-11,14,21H,12-13,15-16H2,(H,32,34)(H,35,36)/t21-/m1/s1. The van der Waals surface area contributed by atoms with Crippen LogP contribution in [-0.4, -0.2) is 37.6 Å². The van der Waals surface area contributed by atoms with Gasteiger partial charge >= 0.3 is 12.1 Å². The summed E-state index contributed by atoms with van der Waals surface area (Å²) in [7, 11) is 0. The molecule has 4 rings (SSSR count). The molecule has 0 bridgehead atoms. The number of amides is 1. The Balaban J connectivity index is 1.48. The maximum atomic E-state index is 12.9. The molecule has 0 aliphatic heterocycles. The largest absolute Gasteiger partial charge is 0.480 e. The fraction of sp³-hybridized carbons (Fsp3) is 0.231. The van der Waals surface area contributed by atoms with Crippen molar-refractivity contribution in [1.29, 1.82) is 0 Å². The maximum absolute atomic E-state index is 12.9. The van der Waals surface area contributed by atoms with Crippen LogP contribution in [0.15, 0.2) is 72.9 Å². The molecule has 7 nitrogen and oxygen atoms in total. The van der Waals surface area contributed by atoms with E-state index in [-0.39, 0.29) is 25.8 Å². The fourth-order valence-electron chi connectivity index (χ4n) is 3.89. The number of pyridine rings is 1. The average Bonchev–Trinajstić information content (AvgIpc) is 3.20. The molecule has 0 saturated carbocycles. The van der Waals surface area contributed by atoms with Crippen molar-refractivity contribution in [1.82, 2.24) is 19.9 Å². The lowest BCUT2D eigenvalue weighted by molar-refractivity contribution is -0.141. The second kappa shape index (κ2) is 10.6. The van der Waals surface area contributed by atoms with Crippen molar-refractivity contribution in [2.75, 3.05) is 0 Å². The van der Waals surface area contributed by atoms with Gasteiger partial charge in [0.05, 0.1) is 12.1 Å². The van der Waals surface area contributed by atoms with Crippen LogP contribution in [0.2, 0.25) is 0 Å². The molecule has 186 valence electrons. The summed E-state index contributed by atoms with van der Waals surface area (Å²) in [4.78, 5) is 33.2. The van der Waals surface area contributed by atoms with Crippen molar-refractivity contribution in [3.63, 3.8) is 0 Å². The molecule has 4 aromatic rings. The number of aromatic nitrogens is 3. The van der Waals surface area contributed by atoms with Crippen LogP contribution in [0, 0.1) is 0 Å². The monoisotopic (exact) mass is 496 g/mol. The number of carbonyl (C=O) groups excluding carboxylic acids is 1. The first-order valence-electron chi connectivity index (χ1n) is 11.2. The third-order valence-electron chi connectivity index (χ3n) is 5.70. The molecule has 0 aliphatic carbocycles. The molecule has 10 heteroatoms. The number of nitrogens with one attached hydrogen (secondary N) is 1. The molecule has 0 fully saturated rings. The zero-order valence-electron chi connectivity index (χ0n) is 19.1. The minimum atomic E-state index is -4.42. The van der Waals surface area contributed by atoms with Gasteiger partial charge in [0, 0.05) is 25.5 Å². The van der Waals surface area contributed by atoms with Crippen molar-refractivity contribution in [3.05, 3.63) is 95.4 Å². The van der Waals surface area contributed by atoms with Crippen LogP contribution < -0.4 is 5.32 Å². The van der Waals surface area contributed by atoms with Gasteiger partial charge < -0.3 is 15.0 Å². The van der Waals surface area contributed by atoms with E-state index in [0.29, 0.717) is 22.6 Å². The Hall–Kier alpha value is -4.21. The molecule has 2 aromatic heterocycles. The Bertz CT molecular complexity index is 1350. The van der Waals surface area contributed by atoms with Gasteiger partial charge in [-0.1, -0.05) is 42.5 Å². The molecule has 0 radical (unpaired) electrons. The van der Waals surface area contributed by atoms with E-state index in [0.717, 1.165) is 17.7 Å². The van der Waals surface area contributed by atoms with Crippen LogP contribution in [0.1, 0.15) is 28.9 Å². The van der Waals surface area contributed by atoms with Gasteiger partial charge in [0.1, 0.15) is 17.4 Å². The fourth-order valence-corrected chi connectivity index (χ4v) is 3.89. The van der Waals surface area contributed by atoms with Crippen LogP contribution in [0.25, 0.3) is 11.2 Å². The number of nitrogens with zero attached hydrogens (tertiary/aromatic N) is 3. The molecule has 0 spiro atoms. The molecule has 2 N–H and O–H groups in total. The number of rotatable bonds is 9. The van der Waals surface area contributed by atoms with Crippen molar-refractivity contribution in [2.45, 2.75) is 38.0 Å². The lowest BCUT2D eigenvalue weighted by atomic mass is 10.1. The summed E-state index contributed by atoms with van der Waals surface area (Å²) in [6.45, 7) is 0.217. The maximum Gasteiger partial charge on any atom is 0.416 e. The van der Waals surface area contributed by atoms with E-state index in [1.807, 2.05) is 6.07 Å². The van der Waals surface area contributed by atoms with Crippen molar-refractivity contribution < 1.29 is 27.9 Å². The van der Waals surface area contributed by atoms with E-state index in [1.54, 1.807) is 47.2 Å². The number of fused-ring (bicyclic) bond motifs is 1. The molecule has 0 saturated heterocycles. The summed E-state index contributed by atoms with van der Waals surface area (Å²) >= 11 is 0. The van der Waals surface area contributed by atoms with Crippen LogP contribution in [-0.2, 0) is 35.2 Å². The lowest BCUT2D eigenvalue weighted by Crippen LogP contribution is -2.42. The average molecular weight is 496 g/mol. The number of carboxylic acid groups (broad SMARTS) is 1. The molecule has 1 amide bonds. The summed E-state index contributed by atoms with van der Waals surface area (Å²) in [5.74, 6) is -1.06. The number of aryl methyl sites for hydroxylation is 1. The van der Waals surface area contributed by atoms with Gasteiger partial charge in [-0.2, -0.15) is 13.2 Å². The molecule has 1 atom stereocenters. The highest BCUT2D eigenvalue weighted by molar-refractivity contribution is 5.84. The third-order valence-corrected chi connectivity index (χ3v) is 5.70. The van der Waals surface area contributed by atoms with Crippen molar-refractivity contribution in [2.24, 2.45) is 0 Å². The predicted molar refractivity (Wildman–Crippen MR) is 126 cm³/mol. The molecule has 36 heavy (non-hydrogen) atoms. The lowest BCUT2D eigenvalue weighted by Gasteiger charge is -2.15. The highest BCUT2D eigenvalue weighted by Crippen LogP contribution is 2.29. The van der Waals surface area contributed by atoms with Gasteiger partial charge in [0.2, 0.25) is 5.91 Å². The van der Waals surface area contributed by atoms with Gasteiger partial charge in [0.25, 0.3) is 0 Å².